The largest absolute Gasteiger partial charge is 0.497 e. The number of nitrogens with zero attached hydrogens (tertiary/aromatic N) is 2. The van der Waals surface area contributed by atoms with Crippen LogP contribution in [0.3, 0.4) is 0 Å². The van der Waals surface area contributed by atoms with Crippen molar-refractivity contribution in [2.24, 2.45) is 0 Å². The zero-order chi connectivity index (χ0) is 20.9. The number of aromatic nitrogens is 3. The summed E-state index contributed by atoms with van der Waals surface area (Å²) in [6.07, 6.45) is 1.38. The highest BCUT2D eigenvalue weighted by molar-refractivity contribution is 6.02. The van der Waals surface area contributed by atoms with Gasteiger partial charge in [-0.3, -0.25) is 25.5 Å². The maximum atomic E-state index is 12.5. The van der Waals surface area contributed by atoms with E-state index in [2.05, 4.69) is 26.2 Å². The fourth-order valence-corrected chi connectivity index (χ4v) is 2.80. The maximum Gasteiger partial charge on any atom is 0.291 e. The van der Waals surface area contributed by atoms with Crippen LogP contribution in [0, 0.1) is 0 Å². The van der Waals surface area contributed by atoms with E-state index in [1.807, 2.05) is 30.3 Å². The highest BCUT2D eigenvalue weighted by Gasteiger charge is 2.18. The predicted molar refractivity (Wildman–Crippen MR) is 107 cm³/mol. The van der Waals surface area contributed by atoms with Crippen LogP contribution in [0.15, 0.2) is 71.4 Å². The Hall–Kier alpha value is -4.40. The second-order valence-corrected chi connectivity index (χ2v) is 6.24. The molecule has 0 aliphatic heterocycles. The van der Waals surface area contributed by atoms with Gasteiger partial charge in [-0.25, -0.2) is 0 Å². The Bertz CT molecular complexity index is 1170. The van der Waals surface area contributed by atoms with Gasteiger partial charge in [0.25, 0.3) is 11.8 Å². The van der Waals surface area contributed by atoms with Gasteiger partial charge in [0, 0.05) is 17.2 Å². The van der Waals surface area contributed by atoms with Gasteiger partial charge in [-0.2, -0.15) is 5.10 Å². The molecule has 2 aromatic carbocycles. The van der Waals surface area contributed by atoms with Gasteiger partial charge in [-0.05, 0) is 24.3 Å². The lowest BCUT2D eigenvalue weighted by atomic mass is 10.1. The maximum absolute atomic E-state index is 12.5. The second kappa shape index (κ2) is 8.31. The van der Waals surface area contributed by atoms with Gasteiger partial charge in [0.15, 0.2) is 11.5 Å². The number of H-pyrrole nitrogens is 1. The second-order valence-electron chi connectivity index (χ2n) is 6.24. The fraction of sp³-hybridized carbons (Fsp3) is 0.0476. The van der Waals surface area contributed by atoms with Crippen molar-refractivity contribution >= 4 is 11.8 Å². The molecule has 4 rings (SSSR count). The SMILES string of the molecule is COc1ccc(-c2[nH]ncc2C(=O)NNC(=O)c2cc(-c3ccccc3)on2)cc1. The smallest absolute Gasteiger partial charge is 0.291 e. The van der Waals surface area contributed by atoms with Crippen LogP contribution in [-0.4, -0.2) is 34.3 Å². The Morgan fingerprint density at radius 2 is 1.70 bits per heavy atom. The molecule has 150 valence electrons. The van der Waals surface area contributed by atoms with Crippen LogP contribution in [0.1, 0.15) is 20.8 Å². The fourth-order valence-electron chi connectivity index (χ4n) is 2.80. The van der Waals surface area contributed by atoms with Crippen molar-refractivity contribution in [1.82, 2.24) is 26.2 Å². The molecule has 0 aliphatic rings. The number of carbonyl (C=O) groups excluding carboxylic acids is 2. The quantitative estimate of drug-likeness (QED) is 0.441. The Morgan fingerprint density at radius 1 is 0.967 bits per heavy atom. The summed E-state index contributed by atoms with van der Waals surface area (Å²) in [6.45, 7) is 0. The molecular weight excluding hydrogens is 386 g/mol. The van der Waals surface area contributed by atoms with Crippen molar-refractivity contribution in [3.63, 3.8) is 0 Å². The first-order valence-corrected chi connectivity index (χ1v) is 8.96. The normalized spacial score (nSPS) is 10.4. The van der Waals surface area contributed by atoms with E-state index < -0.39 is 11.8 Å². The summed E-state index contributed by atoms with van der Waals surface area (Å²) < 4.78 is 10.3. The topological polar surface area (TPSA) is 122 Å². The number of ether oxygens (including phenoxy) is 1. The van der Waals surface area contributed by atoms with Gasteiger partial charge in [0.2, 0.25) is 0 Å². The molecule has 9 nitrogen and oxygen atoms in total. The highest BCUT2D eigenvalue weighted by atomic mass is 16.5. The molecule has 0 radical (unpaired) electrons. The molecule has 0 unspecified atom stereocenters. The third-order valence-corrected chi connectivity index (χ3v) is 4.35. The molecule has 3 N–H and O–H groups in total. The molecule has 2 heterocycles. The van der Waals surface area contributed by atoms with Crippen LogP contribution >= 0.6 is 0 Å². The van der Waals surface area contributed by atoms with Crippen LogP contribution < -0.4 is 15.6 Å². The number of aromatic amines is 1. The van der Waals surface area contributed by atoms with E-state index in [-0.39, 0.29) is 11.3 Å². The number of carbonyl (C=O) groups is 2. The standard InChI is InChI=1S/C21H17N5O4/c1-29-15-9-7-14(8-10-15)19-16(12-22-23-19)20(27)24-25-21(28)17-11-18(30-26-17)13-5-3-2-4-6-13/h2-12H,1H3,(H,22,23)(H,24,27)(H,25,28). The predicted octanol–water partition coefficient (Wildman–Crippen LogP) is 2.82. The average molecular weight is 403 g/mol. The van der Waals surface area contributed by atoms with Gasteiger partial charge in [0.1, 0.15) is 5.75 Å². The van der Waals surface area contributed by atoms with Crippen molar-refractivity contribution in [2.45, 2.75) is 0 Å². The average Bonchev–Trinajstić information content (AvgIpc) is 3.48. The van der Waals surface area contributed by atoms with Gasteiger partial charge in [-0.15, -0.1) is 0 Å². The van der Waals surface area contributed by atoms with E-state index in [1.165, 1.54) is 12.3 Å². The van der Waals surface area contributed by atoms with Crippen molar-refractivity contribution in [3.05, 3.63) is 78.1 Å². The first-order valence-electron chi connectivity index (χ1n) is 8.96. The van der Waals surface area contributed by atoms with Gasteiger partial charge >= 0.3 is 0 Å². The van der Waals surface area contributed by atoms with E-state index in [4.69, 9.17) is 9.26 Å². The zero-order valence-electron chi connectivity index (χ0n) is 15.9. The molecule has 30 heavy (non-hydrogen) atoms. The highest BCUT2D eigenvalue weighted by Crippen LogP contribution is 2.23. The number of nitrogens with one attached hydrogen (secondary N) is 3. The van der Waals surface area contributed by atoms with Gasteiger partial charge in [0.05, 0.1) is 24.6 Å². The lowest BCUT2D eigenvalue weighted by molar-refractivity contribution is 0.0842. The van der Waals surface area contributed by atoms with Crippen LogP contribution in [0.25, 0.3) is 22.6 Å². The number of amides is 2. The van der Waals surface area contributed by atoms with Gasteiger partial charge < -0.3 is 9.26 Å². The first kappa shape index (κ1) is 18.9. The molecule has 0 saturated heterocycles. The molecule has 0 aliphatic carbocycles. The van der Waals surface area contributed by atoms with E-state index in [9.17, 15) is 9.59 Å². The van der Waals surface area contributed by atoms with E-state index >= 15 is 0 Å². The summed E-state index contributed by atoms with van der Waals surface area (Å²) in [6, 6.07) is 17.9. The molecule has 0 spiro atoms. The third-order valence-electron chi connectivity index (χ3n) is 4.35. The molecule has 4 aromatic rings. The number of methoxy groups -OCH3 is 1. The van der Waals surface area contributed by atoms with E-state index in [0.29, 0.717) is 17.2 Å². The number of hydrazine groups is 1. The molecule has 0 fully saturated rings. The van der Waals surface area contributed by atoms with Crippen molar-refractivity contribution in [3.8, 4) is 28.3 Å². The zero-order valence-corrected chi connectivity index (χ0v) is 15.9. The molecule has 0 bridgehead atoms. The number of benzene rings is 2. The van der Waals surface area contributed by atoms with Crippen LogP contribution in [-0.2, 0) is 0 Å². The summed E-state index contributed by atoms with van der Waals surface area (Å²) in [5, 5.41) is 10.5. The Labute approximate surface area is 171 Å². The molecular formula is C21H17N5O4. The summed E-state index contributed by atoms with van der Waals surface area (Å²) in [5.74, 6) is 0.00110. The molecule has 0 atom stereocenters. The summed E-state index contributed by atoms with van der Waals surface area (Å²) >= 11 is 0. The Balaban J connectivity index is 1.42. The Morgan fingerprint density at radius 3 is 2.43 bits per heavy atom. The van der Waals surface area contributed by atoms with E-state index in [0.717, 1.165) is 11.1 Å². The van der Waals surface area contributed by atoms with Gasteiger partial charge in [-0.1, -0.05) is 35.5 Å². The lowest BCUT2D eigenvalue weighted by Gasteiger charge is -2.07. The van der Waals surface area contributed by atoms with Crippen molar-refractivity contribution < 1.29 is 18.8 Å². The molecule has 0 saturated carbocycles. The molecule has 2 aromatic heterocycles. The minimum atomic E-state index is -0.608. The van der Waals surface area contributed by atoms with Crippen molar-refractivity contribution in [1.29, 1.82) is 0 Å². The number of hydrogen-bond acceptors (Lipinski definition) is 6. The lowest BCUT2D eigenvalue weighted by Crippen LogP contribution is -2.41. The number of rotatable bonds is 5. The third kappa shape index (κ3) is 3.90. The van der Waals surface area contributed by atoms with Crippen LogP contribution in [0.2, 0.25) is 0 Å². The minimum Gasteiger partial charge on any atom is -0.497 e. The van der Waals surface area contributed by atoms with Crippen molar-refractivity contribution in [2.75, 3.05) is 7.11 Å². The molecule has 9 heteroatoms. The van der Waals surface area contributed by atoms with Crippen LogP contribution in [0.4, 0.5) is 0 Å². The van der Waals surface area contributed by atoms with E-state index in [1.54, 1.807) is 31.4 Å². The van der Waals surface area contributed by atoms with Crippen LogP contribution in [0.5, 0.6) is 5.75 Å². The number of hydrogen-bond donors (Lipinski definition) is 3. The monoisotopic (exact) mass is 403 g/mol. The first-order chi connectivity index (χ1) is 14.7. The summed E-state index contributed by atoms with van der Waals surface area (Å²) in [5.41, 5.74) is 7.04. The summed E-state index contributed by atoms with van der Waals surface area (Å²) in [7, 11) is 1.57. The Kier molecular flexibility index (Phi) is 5.25. The summed E-state index contributed by atoms with van der Waals surface area (Å²) in [4.78, 5) is 24.8. The minimum absolute atomic E-state index is 0.0386. The molecule has 2 amide bonds.